The van der Waals surface area contributed by atoms with Crippen molar-refractivity contribution in [1.29, 1.82) is 5.26 Å². The van der Waals surface area contributed by atoms with E-state index in [0.29, 0.717) is 33.9 Å². The van der Waals surface area contributed by atoms with Gasteiger partial charge in [-0.2, -0.15) is 10.4 Å². The number of halogens is 2. The Bertz CT molecular complexity index is 1250. The lowest BCUT2D eigenvalue weighted by Crippen LogP contribution is -2.36. The van der Waals surface area contributed by atoms with Gasteiger partial charge in [-0.15, -0.1) is 0 Å². The average molecular weight is 469 g/mol. The molecule has 1 aliphatic carbocycles. The molecule has 4 rings (SSSR count). The number of carbonyl (C=O) groups excluding carboxylic acids is 1. The third-order valence-electron chi connectivity index (χ3n) is 6.22. The van der Waals surface area contributed by atoms with Crippen molar-refractivity contribution < 1.29 is 9.18 Å². The molecule has 1 saturated carbocycles. The van der Waals surface area contributed by atoms with Gasteiger partial charge < -0.3 is 10.6 Å². The highest BCUT2D eigenvalue weighted by atomic mass is 35.5. The van der Waals surface area contributed by atoms with Gasteiger partial charge in [-0.05, 0) is 48.9 Å². The third-order valence-corrected chi connectivity index (χ3v) is 6.52. The van der Waals surface area contributed by atoms with Crippen LogP contribution in [0.3, 0.4) is 0 Å². The van der Waals surface area contributed by atoms with Crippen molar-refractivity contribution in [3.05, 3.63) is 40.9 Å². The molecular weight excluding hydrogens is 443 g/mol. The monoisotopic (exact) mass is 468 g/mol. The molecule has 2 atom stereocenters. The van der Waals surface area contributed by atoms with Crippen molar-refractivity contribution >= 4 is 34.2 Å². The topological polar surface area (TPSA) is 95.6 Å². The SMILES string of the molecule is CC(C)c1c2cc(-c3cc(NC(=O)[C@H]4CCC[C@@H](NC#N)C4)ncc3Cl)cc(F)c2nn1C. The lowest BCUT2D eigenvalue weighted by atomic mass is 9.85. The summed E-state index contributed by atoms with van der Waals surface area (Å²) in [6.07, 6.45) is 6.53. The molecule has 172 valence electrons. The lowest BCUT2D eigenvalue weighted by molar-refractivity contribution is -0.121. The van der Waals surface area contributed by atoms with Crippen LogP contribution < -0.4 is 10.6 Å². The number of anilines is 1. The number of hydrogen-bond acceptors (Lipinski definition) is 5. The molecule has 0 aliphatic heterocycles. The van der Waals surface area contributed by atoms with Crippen molar-refractivity contribution in [2.75, 3.05) is 5.32 Å². The second-order valence-corrected chi connectivity index (χ2v) is 9.28. The highest BCUT2D eigenvalue weighted by Crippen LogP contribution is 2.35. The summed E-state index contributed by atoms with van der Waals surface area (Å²) in [4.78, 5) is 17.1. The van der Waals surface area contributed by atoms with Gasteiger partial charge in [0.05, 0.1) is 5.02 Å². The number of rotatable bonds is 5. The molecule has 0 unspecified atom stereocenters. The fourth-order valence-corrected chi connectivity index (χ4v) is 4.93. The molecule has 1 amide bonds. The molecule has 2 heterocycles. The molecule has 2 N–H and O–H groups in total. The first kappa shape index (κ1) is 23.0. The number of carbonyl (C=O) groups is 1. The van der Waals surface area contributed by atoms with Crippen LogP contribution in [0.5, 0.6) is 0 Å². The second-order valence-electron chi connectivity index (χ2n) is 8.87. The number of pyridine rings is 1. The maximum atomic E-state index is 14.9. The molecule has 7 nitrogen and oxygen atoms in total. The average Bonchev–Trinajstić information content (AvgIpc) is 3.12. The molecule has 33 heavy (non-hydrogen) atoms. The molecule has 1 aromatic carbocycles. The summed E-state index contributed by atoms with van der Waals surface area (Å²) in [7, 11) is 1.81. The van der Waals surface area contributed by atoms with Crippen molar-refractivity contribution in [1.82, 2.24) is 20.1 Å². The van der Waals surface area contributed by atoms with Crippen LogP contribution in [0.1, 0.15) is 51.1 Å². The maximum Gasteiger partial charge on any atom is 0.228 e. The summed E-state index contributed by atoms with van der Waals surface area (Å²) in [5, 5.41) is 19.9. The summed E-state index contributed by atoms with van der Waals surface area (Å²) in [6.45, 7) is 4.08. The van der Waals surface area contributed by atoms with Gasteiger partial charge in [0.15, 0.2) is 12.0 Å². The Kier molecular flexibility index (Phi) is 6.52. The molecule has 0 saturated heterocycles. The van der Waals surface area contributed by atoms with E-state index in [1.807, 2.05) is 33.2 Å². The summed E-state index contributed by atoms with van der Waals surface area (Å²) >= 11 is 6.42. The summed E-state index contributed by atoms with van der Waals surface area (Å²) in [6, 6.07) is 4.97. The lowest BCUT2D eigenvalue weighted by Gasteiger charge is -2.27. The van der Waals surface area contributed by atoms with E-state index in [-0.39, 0.29) is 23.8 Å². The predicted molar refractivity (Wildman–Crippen MR) is 126 cm³/mol. The van der Waals surface area contributed by atoms with Crippen molar-refractivity contribution in [3.63, 3.8) is 0 Å². The highest BCUT2D eigenvalue weighted by molar-refractivity contribution is 6.33. The fourth-order valence-electron chi connectivity index (χ4n) is 4.72. The van der Waals surface area contributed by atoms with Crippen LogP contribution in [0, 0.1) is 23.2 Å². The Balaban J connectivity index is 1.64. The first-order valence-corrected chi connectivity index (χ1v) is 11.4. The molecule has 3 aromatic rings. The Morgan fingerprint density at radius 1 is 1.33 bits per heavy atom. The van der Waals surface area contributed by atoms with Crippen molar-refractivity contribution in [2.45, 2.75) is 51.5 Å². The van der Waals surface area contributed by atoms with E-state index < -0.39 is 5.82 Å². The van der Waals surface area contributed by atoms with Gasteiger partial charge in [0.1, 0.15) is 11.3 Å². The zero-order valence-corrected chi connectivity index (χ0v) is 19.6. The van der Waals surface area contributed by atoms with Gasteiger partial charge >= 0.3 is 0 Å². The van der Waals surface area contributed by atoms with Gasteiger partial charge in [0, 0.05) is 41.8 Å². The Morgan fingerprint density at radius 2 is 2.12 bits per heavy atom. The number of fused-ring (bicyclic) bond motifs is 1. The van der Waals surface area contributed by atoms with E-state index in [9.17, 15) is 9.18 Å². The Hall–Kier alpha value is -3.18. The Labute approximate surface area is 196 Å². The quantitative estimate of drug-likeness (QED) is 0.400. The number of aromatic nitrogens is 3. The van der Waals surface area contributed by atoms with Gasteiger partial charge in [-0.3, -0.25) is 9.48 Å². The maximum absolute atomic E-state index is 14.9. The minimum atomic E-state index is -0.429. The normalized spacial score (nSPS) is 18.3. The first-order chi connectivity index (χ1) is 15.8. The molecule has 0 spiro atoms. The minimum Gasteiger partial charge on any atom is -0.321 e. The van der Waals surface area contributed by atoms with E-state index in [0.717, 1.165) is 30.3 Å². The van der Waals surface area contributed by atoms with Crippen molar-refractivity contribution in [2.24, 2.45) is 13.0 Å². The zero-order valence-electron chi connectivity index (χ0n) is 18.8. The summed E-state index contributed by atoms with van der Waals surface area (Å²) < 4.78 is 16.6. The molecule has 0 bridgehead atoms. The van der Waals surface area contributed by atoms with Crippen LogP contribution in [-0.4, -0.2) is 26.7 Å². The molecule has 0 radical (unpaired) electrons. The van der Waals surface area contributed by atoms with E-state index in [1.165, 1.54) is 12.3 Å². The number of hydrogen-bond donors (Lipinski definition) is 2. The fraction of sp³-hybridized carbons (Fsp3) is 0.417. The van der Waals surface area contributed by atoms with Crippen molar-refractivity contribution in [3.8, 4) is 17.3 Å². The predicted octanol–water partition coefficient (Wildman–Crippen LogP) is 5.12. The van der Waals surface area contributed by atoms with Crippen LogP contribution in [0.2, 0.25) is 5.02 Å². The molecule has 1 aliphatic rings. The molecular formula is C24H26ClFN6O. The molecule has 1 fully saturated rings. The minimum absolute atomic E-state index is 0.0116. The third kappa shape index (κ3) is 4.64. The van der Waals surface area contributed by atoms with Gasteiger partial charge in [0.25, 0.3) is 0 Å². The Morgan fingerprint density at radius 3 is 2.85 bits per heavy atom. The number of nitrogens with zero attached hydrogens (tertiary/aromatic N) is 4. The summed E-state index contributed by atoms with van der Waals surface area (Å²) in [5.41, 5.74) is 2.42. The van der Waals surface area contributed by atoms with Crippen LogP contribution in [0.15, 0.2) is 24.4 Å². The van der Waals surface area contributed by atoms with Gasteiger partial charge in [-0.1, -0.05) is 31.9 Å². The molecule has 2 aromatic heterocycles. The van der Waals surface area contributed by atoms with E-state index in [2.05, 4.69) is 20.7 Å². The number of aryl methyl sites for hydroxylation is 1. The van der Waals surface area contributed by atoms with Crippen LogP contribution >= 0.6 is 11.6 Å². The standard InChI is InChI=1S/C24H26ClFN6O/c1-13(2)23-18-8-15(9-20(26)22(18)31-32(23)3)17-10-21(28-11-19(17)25)30-24(33)14-5-4-6-16(7-14)29-12-27/h8-11,13-14,16,29H,4-7H2,1-3H3,(H,28,30,33)/t14-,16+/m0/s1. The zero-order chi connectivity index (χ0) is 23.7. The number of nitriles is 1. The number of amides is 1. The first-order valence-electron chi connectivity index (χ1n) is 11.1. The smallest absolute Gasteiger partial charge is 0.228 e. The van der Waals surface area contributed by atoms with Gasteiger partial charge in [0.2, 0.25) is 5.91 Å². The van der Waals surface area contributed by atoms with E-state index >= 15 is 0 Å². The van der Waals surface area contributed by atoms with Crippen LogP contribution in [0.4, 0.5) is 10.2 Å². The number of benzene rings is 1. The van der Waals surface area contributed by atoms with E-state index in [1.54, 1.807) is 10.7 Å². The van der Waals surface area contributed by atoms with Crippen LogP contribution in [0.25, 0.3) is 22.0 Å². The number of nitrogens with one attached hydrogen (secondary N) is 2. The second kappa shape index (κ2) is 9.36. The largest absolute Gasteiger partial charge is 0.321 e. The summed E-state index contributed by atoms with van der Waals surface area (Å²) in [5.74, 6) is -0.265. The van der Waals surface area contributed by atoms with E-state index in [4.69, 9.17) is 16.9 Å². The highest BCUT2D eigenvalue weighted by Gasteiger charge is 2.27. The molecule has 9 heteroatoms. The van der Waals surface area contributed by atoms with Crippen LogP contribution in [-0.2, 0) is 11.8 Å². The van der Waals surface area contributed by atoms with Gasteiger partial charge in [-0.25, -0.2) is 9.37 Å².